The third-order valence-electron chi connectivity index (χ3n) is 4.19. The maximum Gasteiger partial charge on any atom is 0.132 e. The van der Waals surface area contributed by atoms with E-state index in [1.807, 2.05) is 27.7 Å². The highest BCUT2D eigenvalue weighted by atomic mass is 19.1. The lowest BCUT2D eigenvalue weighted by atomic mass is 9.80. The van der Waals surface area contributed by atoms with Crippen molar-refractivity contribution in [2.45, 2.75) is 40.3 Å². The Morgan fingerprint density at radius 3 is 2.65 bits per heavy atom. The Kier molecular flexibility index (Phi) is 5.55. The van der Waals surface area contributed by atoms with E-state index in [0.717, 1.165) is 5.56 Å². The average molecular weight is 319 g/mol. The van der Waals surface area contributed by atoms with E-state index in [1.165, 1.54) is 6.07 Å². The van der Waals surface area contributed by atoms with Crippen molar-refractivity contribution < 1.29 is 9.50 Å². The van der Waals surface area contributed by atoms with Crippen LogP contribution in [0.3, 0.4) is 0 Å². The number of halogens is 1. The fourth-order valence-corrected chi connectivity index (χ4v) is 2.87. The summed E-state index contributed by atoms with van der Waals surface area (Å²) in [6.45, 7) is 9.33. The number of benzene rings is 1. The van der Waals surface area contributed by atoms with Gasteiger partial charge in [0, 0.05) is 29.6 Å². The summed E-state index contributed by atoms with van der Waals surface area (Å²) in [7, 11) is 0. The molecule has 126 valence electrons. The molecule has 2 aromatic rings. The molecule has 1 aromatic carbocycles. The minimum atomic E-state index is -0.384. The second kappa shape index (κ2) is 7.23. The van der Waals surface area contributed by atoms with Gasteiger partial charge in [0.15, 0.2) is 0 Å². The van der Waals surface area contributed by atoms with Crippen molar-refractivity contribution in [1.29, 1.82) is 0 Å². The average Bonchev–Trinajstić information content (AvgIpc) is 2.95. The second-order valence-corrected chi connectivity index (χ2v) is 7.03. The molecule has 1 atom stereocenters. The summed E-state index contributed by atoms with van der Waals surface area (Å²) in [4.78, 5) is 0. The third kappa shape index (κ3) is 4.18. The first kappa shape index (κ1) is 17.6. The highest BCUT2D eigenvalue weighted by Gasteiger charge is 2.29. The molecule has 0 fully saturated rings. The first-order chi connectivity index (χ1) is 10.8. The zero-order chi connectivity index (χ0) is 17.0. The van der Waals surface area contributed by atoms with Crippen LogP contribution in [0.15, 0.2) is 30.5 Å². The number of hydrogen-bond donors (Lipinski definition) is 3. The molecular weight excluding hydrogens is 293 g/mol. The minimum Gasteiger partial charge on any atom is -0.392 e. The van der Waals surface area contributed by atoms with Gasteiger partial charge in [-0.15, -0.1) is 0 Å². The first-order valence-electron chi connectivity index (χ1n) is 7.99. The Bertz CT molecular complexity index is 637. The molecular formula is C18H26FN3O. The van der Waals surface area contributed by atoms with E-state index in [4.69, 9.17) is 0 Å². The van der Waals surface area contributed by atoms with Crippen LogP contribution in [0.5, 0.6) is 0 Å². The van der Waals surface area contributed by atoms with Crippen molar-refractivity contribution in [3.63, 3.8) is 0 Å². The SMILES string of the molecule is CC(C)C(O)C(C)(C)CNCc1cn[nH]c1-c1ccccc1F. The summed E-state index contributed by atoms with van der Waals surface area (Å²) < 4.78 is 13.9. The smallest absolute Gasteiger partial charge is 0.132 e. The number of hydrogen-bond acceptors (Lipinski definition) is 3. The Balaban J connectivity index is 2.04. The van der Waals surface area contributed by atoms with Crippen LogP contribution >= 0.6 is 0 Å². The molecule has 23 heavy (non-hydrogen) atoms. The monoisotopic (exact) mass is 319 g/mol. The lowest BCUT2D eigenvalue weighted by molar-refractivity contribution is 0.0134. The van der Waals surface area contributed by atoms with Gasteiger partial charge in [-0.05, 0) is 18.1 Å². The van der Waals surface area contributed by atoms with E-state index in [-0.39, 0.29) is 23.3 Å². The summed E-state index contributed by atoms with van der Waals surface area (Å²) in [5.74, 6) is -0.0664. The number of rotatable bonds is 7. The predicted octanol–water partition coefficient (Wildman–Crippen LogP) is 3.35. The van der Waals surface area contributed by atoms with Crippen LogP contribution in [-0.4, -0.2) is 28.0 Å². The Morgan fingerprint density at radius 1 is 1.30 bits per heavy atom. The van der Waals surface area contributed by atoms with Crippen LogP contribution in [0.1, 0.15) is 33.3 Å². The van der Waals surface area contributed by atoms with Gasteiger partial charge >= 0.3 is 0 Å². The van der Waals surface area contributed by atoms with Gasteiger partial charge < -0.3 is 10.4 Å². The van der Waals surface area contributed by atoms with E-state index < -0.39 is 0 Å². The molecule has 0 aliphatic heterocycles. The van der Waals surface area contributed by atoms with Gasteiger partial charge in [-0.1, -0.05) is 39.8 Å². The normalized spacial score (nSPS) is 13.5. The second-order valence-electron chi connectivity index (χ2n) is 7.03. The molecule has 0 saturated carbocycles. The molecule has 0 amide bonds. The molecule has 0 saturated heterocycles. The van der Waals surface area contributed by atoms with Gasteiger partial charge in [0.05, 0.1) is 18.0 Å². The van der Waals surface area contributed by atoms with Crippen molar-refractivity contribution in [3.05, 3.63) is 41.8 Å². The number of aromatic amines is 1. The van der Waals surface area contributed by atoms with E-state index in [0.29, 0.717) is 24.3 Å². The zero-order valence-corrected chi connectivity index (χ0v) is 14.2. The number of aromatic nitrogens is 2. The van der Waals surface area contributed by atoms with Crippen molar-refractivity contribution in [3.8, 4) is 11.3 Å². The zero-order valence-electron chi connectivity index (χ0n) is 14.2. The Morgan fingerprint density at radius 2 is 2.00 bits per heavy atom. The lowest BCUT2D eigenvalue weighted by Gasteiger charge is -2.33. The maximum absolute atomic E-state index is 13.9. The summed E-state index contributed by atoms with van der Waals surface area (Å²) >= 11 is 0. The number of aliphatic hydroxyl groups excluding tert-OH is 1. The molecule has 5 heteroatoms. The predicted molar refractivity (Wildman–Crippen MR) is 90.3 cm³/mol. The van der Waals surface area contributed by atoms with Crippen molar-refractivity contribution in [1.82, 2.24) is 15.5 Å². The van der Waals surface area contributed by atoms with Crippen molar-refractivity contribution in [2.24, 2.45) is 11.3 Å². The topological polar surface area (TPSA) is 60.9 Å². The highest BCUT2D eigenvalue weighted by molar-refractivity contribution is 5.63. The molecule has 1 heterocycles. The fourth-order valence-electron chi connectivity index (χ4n) is 2.87. The van der Waals surface area contributed by atoms with E-state index >= 15 is 0 Å². The van der Waals surface area contributed by atoms with Gasteiger partial charge in [0.25, 0.3) is 0 Å². The number of nitrogens with zero attached hydrogens (tertiary/aromatic N) is 1. The van der Waals surface area contributed by atoms with Crippen LogP contribution in [-0.2, 0) is 6.54 Å². The van der Waals surface area contributed by atoms with Gasteiger partial charge in [0.1, 0.15) is 5.82 Å². The first-order valence-corrected chi connectivity index (χ1v) is 7.99. The van der Waals surface area contributed by atoms with Crippen LogP contribution in [0, 0.1) is 17.2 Å². The van der Waals surface area contributed by atoms with Crippen LogP contribution in [0.4, 0.5) is 4.39 Å². The number of aliphatic hydroxyl groups is 1. The minimum absolute atomic E-state index is 0.203. The van der Waals surface area contributed by atoms with E-state index in [1.54, 1.807) is 24.4 Å². The summed E-state index contributed by atoms with van der Waals surface area (Å²) in [5, 5.41) is 20.5. The van der Waals surface area contributed by atoms with E-state index in [9.17, 15) is 9.50 Å². The summed E-state index contributed by atoms with van der Waals surface area (Å²) in [6.07, 6.45) is 1.33. The fraction of sp³-hybridized carbons (Fsp3) is 0.500. The largest absolute Gasteiger partial charge is 0.392 e. The lowest BCUT2D eigenvalue weighted by Crippen LogP contribution is -2.41. The third-order valence-corrected chi connectivity index (χ3v) is 4.19. The molecule has 2 rings (SSSR count). The van der Waals surface area contributed by atoms with Gasteiger partial charge in [-0.25, -0.2) is 4.39 Å². The maximum atomic E-state index is 13.9. The molecule has 1 unspecified atom stereocenters. The van der Waals surface area contributed by atoms with Gasteiger partial charge in [0.2, 0.25) is 0 Å². The number of nitrogens with one attached hydrogen (secondary N) is 2. The van der Waals surface area contributed by atoms with Gasteiger partial charge in [-0.2, -0.15) is 5.10 Å². The van der Waals surface area contributed by atoms with Crippen molar-refractivity contribution >= 4 is 0 Å². The van der Waals surface area contributed by atoms with Crippen LogP contribution < -0.4 is 5.32 Å². The van der Waals surface area contributed by atoms with E-state index in [2.05, 4.69) is 15.5 Å². The van der Waals surface area contributed by atoms with Gasteiger partial charge in [-0.3, -0.25) is 5.10 Å². The van der Waals surface area contributed by atoms with Crippen LogP contribution in [0.2, 0.25) is 0 Å². The molecule has 3 N–H and O–H groups in total. The standard InChI is InChI=1S/C18H26FN3O/c1-12(2)17(23)18(3,4)11-20-9-13-10-21-22-16(13)14-7-5-6-8-15(14)19/h5-8,10,12,17,20,23H,9,11H2,1-4H3,(H,21,22). The Labute approximate surface area is 137 Å². The molecule has 0 bridgehead atoms. The molecule has 0 aliphatic carbocycles. The molecule has 0 aliphatic rings. The summed E-state index contributed by atoms with van der Waals surface area (Å²) in [5.41, 5.74) is 1.88. The van der Waals surface area contributed by atoms with Crippen molar-refractivity contribution in [2.75, 3.05) is 6.54 Å². The quantitative estimate of drug-likeness (QED) is 0.733. The summed E-state index contributed by atoms with van der Waals surface area (Å²) in [6, 6.07) is 6.65. The highest BCUT2D eigenvalue weighted by Crippen LogP contribution is 2.26. The molecule has 1 aromatic heterocycles. The van der Waals surface area contributed by atoms with Crippen LogP contribution in [0.25, 0.3) is 11.3 Å². The molecule has 0 spiro atoms. The number of H-pyrrole nitrogens is 1. The Hall–Kier alpha value is -1.72. The molecule has 4 nitrogen and oxygen atoms in total. The molecule has 0 radical (unpaired) electrons.